The number of nitrogens with one attached hydrogen (secondary N) is 2. The minimum Gasteiger partial charge on any atom is -0.506 e. The van der Waals surface area contributed by atoms with Gasteiger partial charge < -0.3 is 10.4 Å². The van der Waals surface area contributed by atoms with E-state index in [1.165, 1.54) is 6.20 Å². The summed E-state index contributed by atoms with van der Waals surface area (Å²) in [4.78, 5) is 27.0. The van der Waals surface area contributed by atoms with Crippen molar-refractivity contribution >= 4 is 17.5 Å². The number of amides is 2. The number of hydrogen-bond acceptors (Lipinski definition) is 5. The zero-order valence-corrected chi connectivity index (χ0v) is 10.4. The first-order valence-electron chi connectivity index (χ1n) is 6.01. The third-order valence-corrected chi connectivity index (χ3v) is 3.02. The standard InChI is InChI=1S/C14H11N3O3/c18-10-3-1-9(16-7-10)6-15-8-2-4-11-12(5-8)14(20)17-13(11)19/h1-5,7,15,18H,6H2,(H,17,19,20). The lowest BCUT2D eigenvalue weighted by molar-refractivity contribution is 0.0879. The molecule has 2 amide bonds. The Morgan fingerprint density at radius 3 is 2.65 bits per heavy atom. The quantitative estimate of drug-likeness (QED) is 0.730. The highest BCUT2D eigenvalue weighted by Crippen LogP contribution is 2.20. The van der Waals surface area contributed by atoms with Gasteiger partial charge in [-0.3, -0.25) is 19.9 Å². The average Bonchev–Trinajstić information content (AvgIpc) is 2.73. The van der Waals surface area contributed by atoms with Crippen LogP contribution >= 0.6 is 0 Å². The van der Waals surface area contributed by atoms with Crippen LogP contribution in [0, 0.1) is 0 Å². The van der Waals surface area contributed by atoms with E-state index < -0.39 is 0 Å². The van der Waals surface area contributed by atoms with Crippen LogP contribution < -0.4 is 10.6 Å². The van der Waals surface area contributed by atoms with Gasteiger partial charge in [0.05, 0.1) is 29.6 Å². The minimum atomic E-state index is -0.378. The molecule has 100 valence electrons. The Balaban J connectivity index is 1.76. The average molecular weight is 269 g/mol. The topological polar surface area (TPSA) is 91.3 Å². The van der Waals surface area contributed by atoms with E-state index in [1.54, 1.807) is 30.3 Å². The zero-order chi connectivity index (χ0) is 14.1. The van der Waals surface area contributed by atoms with Crippen molar-refractivity contribution < 1.29 is 14.7 Å². The molecule has 1 aromatic carbocycles. The summed E-state index contributed by atoms with van der Waals surface area (Å²) in [6, 6.07) is 8.24. The second-order valence-electron chi connectivity index (χ2n) is 4.40. The second-order valence-corrected chi connectivity index (χ2v) is 4.40. The van der Waals surface area contributed by atoms with Gasteiger partial charge in [0.2, 0.25) is 0 Å². The Morgan fingerprint density at radius 2 is 1.90 bits per heavy atom. The lowest BCUT2D eigenvalue weighted by atomic mass is 10.1. The van der Waals surface area contributed by atoms with Crippen LogP contribution in [0.3, 0.4) is 0 Å². The van der Waals surface area contributed by atoms with Crippen LogP contribution in [0.5, 0.6) is 5.75 Å². The van der Waals surface area contributed by atoms with Crippen molar-refractivity contribution in [3.05, 3.63) is 53.3 Å². The molecule has 20 heavy (non-hydrogen) atoms. The van der Waals surface area contributed by atoms with Crippen molar-refractivity contribution in [2.45, 2.75) is 6.54 Å². The molecule has 1 aliphatic heterocycles. The van der Waals surface area contributed by atoms with Crippen molar-refractivity contribution in [3.63, 3.8) is 0 Å². The highest BCUT2D eigenvalue weighted by molar-refractivity contribution is 6.21. The van der Waals surface area contributed by atoms with E-state index in [9.17, 15) is 9.59 Å². The number of imide groups is 1. The first-order chi connectivity index (χ1) is 9.63. The van der Waals surface area contributed by atoms with Crippen LogP contribution in [-0.4, -0.2) is 21.9 Å². The first kappa shape index (κ1) is 12.2. The molecule has 6 nitrogen and oxygen atoms in total. The second kappa shape index (κ2) is 4.65. The lowest BCUT2D eigenvalue weighted by Gasteiger charge is -2.07. The predicted molar refractivity (Wildman–Crippen MR) is 71.5 cm³/mol. The fourth-order valence-electron chi connectivity index (χ4n) is 1.99. The van der Waals surface area contributed by atoms with Crippen molar-refractivity contribution in [1.82, 2.24) is 10.3 Å². The number of anilines is 1. The molecule has 6 heteroatoms. The summed E-state index contributed by atoms with van der Waals surface area (Å²) in [5, 5.41) is 14.5. The summed E-state index contributed by atoms with van der Waals surface area (Å²) in [6.07, 6.45) is 1.37. The van der Waals surface area contributed by atoms with Gasteiger partial charge in [0.25, 0.3) is 11.8 Å². The van der Waals surface area contributed by atoms with Crippen LogP contribution in [0.1, 0.15) is 26.4 Å². The Kier molecular flexibility index (Phi) is 2.83. The molecule has 0 unspecified atom stereocenters. The van der Waals surface area contributed by atoms with Crippen LogP contribution in [0.4, 0.5) is 5.69 Å². The molecule has 0 spiro atoms. The Bertz CT molecular complexity index is 695. The number of carbonyl (C=O) groups is 2. The van der Waals surface area contributed by atoms with Crippen molar-refractivity contribution in [1.29, 1.82) is 0 Å². The highest BCUT2D eigenvalue weighted by Gasteiger charge is 2.26. The largest absolute Gasteiger partial charge is 0.506 e. The Hall–Kier alpha value is -2.89. The normalized spacial score (nSPS) is 13.0. The monoisotopic (exact) mass is 269 g/mol. The third-order valence-electron chi connectivity index (χ3n) is 3.02. The van der Waals surface area contributed by atoms with Gasteiger partial charge in [-0.15, -0.1) is 0 Å². The molecule has 2 aromatic rings. The van der Waals surface area contributed by atoms with Crippen LogP contribution in [0.2, 0.25) is 0 Å². The van der Waals surface area contributed by atoms with E-state index in [0.29, 0.717) is 17.7 Å². The van der Waals surface area contributed by atoms with E-state index in [0.717, 1.165) is 11.4 Å². The summed E-state index contributed by atoms with van der Waals surface area (Å²) in [5.41, 5.74) is 2.24. The molecular formula is C14H11N3O3. The van der Waals surface area contributed by atoms with E-state index in [2.05, 4.69) is 15.6 Å². The van der Waals surface area contributed by atoms with Gasteiger partial charge in [-0.1, -0.05) is 0 Å². The van der Waals surface area contributed by atoms with Gasteiger partial charge in [0.15, 0.2) is 0 Å². The highest BCUT2D eigenvalue weighted by atomic mass is 16.3. The molecule has 1 aromatic heterocycles. The molecule has 0 fully saturated rings. The van der Waals surface area contributed by atoms with E-state index in [1.807, 2.05) is 0 Å². The molecular weight excluding hydrogens is 258 g/mol. The molecule has 0 saturated carbocycles. The molecule has 1 aliphatic rings. The maximum atomic E-state index is 11.5. The molecule has 0 aliphatic carbocycles. The summed E-state index contributed by atoms with van der Waals surface area (Å²) < 4.78 is 0. The van der Waals surface area contributed by atoms with Gasteiger partial charge in [0, 0.05) is 5.69 Å². The van der Waals surface area contributed by atoms with Crippen molar-refractivity contribution in [2.24, 2.45) is 0 Å². The molecule has 2 heterocycles. The summed E-state index contributed by atoms with van der Waals surface area (Å²) in [7, 11) is 0. The fourth-order valence-corrected chi connectivity index (χ4v) is 1.99. The van der Waals surface area contributed by atoms with Gasteiger partial charge in [-0.05, 0) is 30.3 Å². The number of pyridine rings is 1. The van der Waals surface area contributed by atoms with E-state index >= 15 is 0 Å². The lowest BCUT2D eigenvalue weighted by Crippen LogP contribution is -2.19. The maximum absolute atomic E-state index is 11.5. The van der Waals surface area contributed by atoms with Gasteiger partial charge in [-0.2, -0.15) is 0 Å². The number of aromatic hydroxyl groups is 1. The Labute approximate surface area is 114 Å². The van der Waals surface area contributed by atoms with Crippen molar-refractivity contribution in [2.75, 3.05) is 5.32 Å². The molecule has 3 N–H and O–H groups in total. The van der Waals surface area contributed by atoms with Crippen molar-refractivity contribution in [3.8, 4) is 5.75 Å². The molecule has 0 radical (unpaired) electrons. The molecule has 3 rings (SSSR count). The SMILES string of the molecule is O=C1NC(=O)c2cc(NCc3ccc(O)cn3)ccc21. The number of carbonyl (C=O) groups excluding carboxylic acids is 2. The van der Waals surface area contributed by atoms with Gasteiger partial charge in [-0.25, -0.2) is 0 Å². The zero-order valence-electron chi connectivity index (χ0n) is 10.4. The number of nitrogens with zero attached hydrogens (tertiary/aromatic N) is 1. The number of rotatable bonds is 3. The van der Waals surface area contributed by atoms with Gasteiger partial charge >= 0.3 is 0 Å². The minimum absolute atomic E-state index is 0.112. The number of fused-ring (bicyclic) bond motifs is 1. The summed E-state index contributed by atoms with van der Waals surface area (Å²) in [5.74, 6) is -0.630. The smallest absolute Gasteiger partial charge is 0.259 e. The molecule has 0 saturated heterocycles. The first-order valence-corrected chi connectivity index (χ1v) is 6.01. The fraction of sp³-hybridized carbons (Fsp3) is 0.0714. The Morgan fingerprint density at radius 1 is 1.10 bits per heavy atom. The van der Waals surface area contributed by atoms with Crippen LogP contribution in [0.15, 0.2) is 36.5 Å². The molecule has 0 atom stereocenters. The number of hydrogen-bond donors (Lipinski definition) is 3. The third kappa shape index (κ3) is 2.18. The van der Waals surface area contributed by atoms with Gasteiger partial charge in [0.1, 0.15) is 5.75 Å². The van der Waals surface area contributed by atoms with E-state index in [-0.39, 0.29) is 17.6 Å². The maximum Gasteiger partial charge on any atom is 0.259 e. The summed E-state index contributed by atoms with van der Waals surface area (Å²) in [6.45, 7) is 0.453. The summed E-state index contributed by atoms with van der Waals surface area (Å²) >= 11 is 0. The van der Waals surface area contributed by atoms with Crippen LogP contribution in [-0.2, 0) is 6.54 Å². The van der Waals surface area contributed by atoms with Crippen LogP contribution in [0.25, 0.3) is 0 Å². The van der Waals surface area contributed by atoms with E-state index in [4.69, 9.17) is 5.11 Å². The number of aromatic nitrogens is 1. The predicted octanol–water partition coefficient (Wildman–Crippen LogP) is 1.28. The molecule has 0 bridgehead atoms. The number of benzene rings is 1.